The Morgan fingerprint density at radius 3 is 3.18 bits per heavy atom. The lowest BCUT2D eigenvalue weighted by Crippen LogP contribution is -2.23. The Labute approximate surface area is 101 Å². The van der Waals surface area contributed by atoms with Crippen LogP contribution in [0.3, 0.4) is 0 Å². The number of hydrogen-bond donors (Lipinski definition) is 1. The molecule has 2 rings (SSSR count). The maximum atomic E-state index is 10.9. The first kappa shape index (κ1) is 11.7. The number of aliphatic carboxylic acids is 1. The van der Waals surface area contributed by atoms with Crippen molar-refractivity contribution in [1.29, 1.82) is 0 Å². The van der Waals surface area contributed by atoms with E-state index in [2.05, 4.69) is 12.2 Å². The molecule has 1 N–H and O–H groups in total. The average molecular weight is 232 g/mol. The number of ether oxygens (including phenoxy) is 1. The summed E-state index contributed by atoms with van der Waals surface area (Å²) >= 11 is 0. The lowest BCUT2D eigenvalue weighted by molar-refractivity contribution is -0.137. The van der Waals surface area contributed by atoms with Crippen LogP contribution in [0.25, 0.3) is 0 Å². The third-order valence-electron chi connectivity index (χ3n) is 3.18. The van der Waals surface area contributed by atoms with Crippen molar-refractivity contribution in [3.8, 4) is 0 Å². The molecule has 0 aliphatic heterocycles. The molecule has 0 saturated heterocycles. The minimum absolute atomic E-state index is 0.0267. The van der Waals surface area contributed by atoms with Crippen LogP contribution in [0.4, 0.5) is 0 Å². The van der Waals surface area contributed by atoms with Crippen molar-refractivity contribution in [2.75, 3.05) is 7.11 Å². The fraction of sp³-hybridized carbons (Fsp3) is 0.357. The van der Waals surface area contributed by atoms with Crippen molar-refractivity contribution in [2.24, 2.45) is 11.8 Å². The van der Waals surface area contributed by atoms with Crippen LogP contribution < -0.4 is 0 Å². The van der Waals surface area contributed by atoms with E-state index in [1.54, 1.807) is 13.4 Å². The predicted molar refractivity (Wildman–Crippen MR) is 65.3 cm³/mol. The van der Waals surface area contributed by atoms with Gasteiger partial charge in [0.1, 0.15) is 0 Å². The van der Waals surface area contributed by atoms with E-state index in [4.69, 9.17) is 9.84 Å². The van der Waals surface area contributed by atoms with Gasteiger partial charge in [-0.1, -0.05) is 36.0 Å². The van der Waals surface area contributed by atoms with Crippen molar-refractivity contribution >= 4 is 5.97 Å². The zero-order valence-corrected chi connectivity index (χ0v) is 9.80. The van der Waals surface area contributed by atoms with Crippen LogP contribution in [-0.4, -0.2) is 18.2 Å². The number of rotatable bonds is 3. The number of allylic oxidation sites excluding steroid dienone is 7. The highest BCUT2D eigenvalue weighted by molar-refractivity contribution is 5.68. The van der Waals surface area contributed by atoms with Gasteiger partial charge in [0.25, 0.3) is 0 Å². The van der Waals surface area contributed by atoms with Gasteiger partial charge >= 0.3 is 5.97 Å². The summed E-state index contributed by atoms with van der Waals surface area (Å²) in [4.78, 5) is 10.9. The Morgan fingerprint density at radius 2 is 2.47 bits per heavy atom. The molecule has 2 unspecified atom stereocenters. The molecular weight excluding hydrogens is 216 g/mol. The number of methoxy groups -OCH3 is 1. The Hall–Kier alpha value is -1.77. The highest BCUT2D eigenvalue weighted by atomic mass is 16.5. The van der Waals surface area contributed by atoms with Crippen LogP contribution in [-0.2, 0) is 9.53 Å². The minimum atomic E-state index is -0.757. The van der Waals surface area contributed by atoms with Gasteiger partial charge in [-0.2, -0.15) is 0 Å². The molecule has 0 aromatic carbocycles. The topological polar surface area (TPSA) is 46.5 Å². The summed E-state index contributed by atoms with van der Waals surface area (Å²) in [5.41, 5.74) is 2.32. The molecule has 0 aromatic heterocycles. The number of carboxylic acids is 1. The van der Waals surface area contributed by atoms with Gasteiger partial charge in [-0.15, -0.1) is 0 Å². The molecule has 0 amide bonds. The van der Waals surface area contributed by atoms with Crippen molar-refractivity contribution in [3.05, 3.63) is 47.8 Å². The monoisotopic (exact) mass is 232 g/mol. The first-order valence-electron chi connectivity index (χ1n) is 5.71. The third-order valence-corrected chi connectivity index (χ3v) is 3.18. The molecule has 0 saturated carbocycles. The summed E-state index contributed by atoms with van der Waals surface area (Å²) in [5.74, 6) is -0.577. The number of hydrogen-bond acceptors (Lipinski definition) is 2. The second-order valence-corrected chi connectivity index (χ2v) is 4.33. The lowest BCUT2D eigenvalue weighted by atomic mass is 9.72. The standard InChI is InChI=1S/C14H16O3/c1-17-9-12-7-3-5-10-4-2-6-11(14(10)12)8-13(15)16/h2-4,6-7,9,11,14H,5,8H2,1H3,(H,15,16). The molecule has 2 aliphatic carbocycles. The molecule has 0 heterocycles. The Bertz CT molecular complexity index is 427. The van der Waals surface area contributed by atoms with E-state index in [-0.39, 0.29) is 18.3 Å². The Morgan fingerprint density at radius 1 is 1.65 bits per heavy atom. The first-order valence-corrected chi connectivity index (χ1v) is 5.71. The molecule has 90 valence electrons. The Kier molecular flexibility index (Phi) is 3.47. The van der Waals surface area contributed by atoms with Crippen LogP contribution in [0.2, 0.25) is 0 Å². The van der Waals surface area contributed by atoms with E-state index in [0.717, 1.165) is 12.0 Å². The van der Waals surface area contributed by atoms with E-state index in [1.807, 2.05) is 18.2 Å². The fourth-order valence-corrected chi connectivity index (χ4v) is 2.54. The Balaban J connectivity index is 2.29. The smallest absolute Gasteiger partial charge is 0.303 e. The van der Waals surface area contributed by atoms with Crippen molar-refractivity contribution < 1.29 is 14.6 Å². The summed E-state index contributed by atoms with van der Waals surface area (Å²) in [7, 11) is 1.61. The molecule has 2 atom stereocenters. The maximum absolute atomic E-state index is 10.9. The van der Waals surface area contributed by atoms with Gasteiger partial charge in [-0.25, -0.2) is 0 Å². The molecule has 3 heteroatoms. The van der Waals surface area contributed by atoms with E-state index in [0.29, 0.717) is 0 Å². The van der Waals surface area contributed by atoms with Gasteiger partial charge in [0.2, 0.25) is 0 Å². The van der Waals surface area contributed by atoms with Crippen LogP contribution >= 0.6 is 0 Å². The summed E-state index contributed by atoms with van der Waals surface area (Å²) in [6.45, 7) is 0. The normalized spacial score (nSPS) is 28.8. The van der Waals surface area contributed by atoms with Gasteiger partial charge in [0.15, 0.2) is 0 Å². The molecule has 2 aliphatic rings. The molecular formula is C14H16O3. The molecule has 0 radical (unpaired) electrons. The molecule has 17 heavy (non-hydrogen) atoms. The van der Waals surface area contributed by atoms with Gasteiger partial charge in [0.05, 0.1) is 19.8 Å². The van der Waals surface area contributed by atoms with Crippen molar-refractivity contribution in [2.45, 2.75) is 12.8 Å². The largest absolute Gasteiger partial charge is 0.504 e. The van der Waals surface area contributed by atoms with Gasteiger partial charge in [-0.3, -0.25) is 4.79 Å². The summed E-state index contributed by atoms with van der Waals surface area (Å²) < 4.78 is 5.07. The number of fused-ring (bicyclic) bond motifs is 1. The first-order chi connectivity index (χ1) is 8.22. The molecule has 0 bridgehead atoms. The SMILES string of the molecule is COC=C1C=CCC2=CC=CC(CC(=O)O)C12. The molecule has 3 nitrogen and oxygen atoms in total. The highest BCUT2D eigenvalue weighted by Gasteiger charge is 2.30. The second-order valence-electron chi connectivity index (χ2n) is 4.33. The van der Waals surface area contributed by atoms with Crippen molar-refractivity contribution in [3.63, 3.8) is 0 Å². The summed E-state index contributed by atoms with van der Waals surface area (Å²) in [6.07, 6.45) is 12.9. The van der Waals surface area contributed by atoms with Gasteiger partial charge in [0, 0.05) is 5.92 Å². The van der Waals surface area contributed by atoms with Crippen LogP contribution in [0.1, 0.15) is 12.8 Å². The molecule has 0 aromatic rings. The van der Waals surface area contributed by atoms with E-state index < -0.39 is 5.97 Å². The third kappa shape index (κ3) is 2.49. The number of carboxylic acid groups (broad SMARTS) is 1. The quantitative estimate of drug-likeness (QED) is 0.761. The maximum Gasteiger partial charge on any atom is 0.303 e. The molecule has 0 fully saturated rings. The van der Waals surface area contributed by atoms with E-state index in [1.165, 1.54) is 5.57 Å². The fourth-order valence-electron chi connectivity index (χ4n) is 2.54. The van der Waals surface area contributed by atoms with Crippen molar-refractivity contribution in [1.82, 2.24) is 0 Å². The average Bonchev–Trinajstić information content (AvgIpc) is 2.29. The molecule has 0 spiro atoms. The number of carbonyl (C=O) groups is 1. The van der Waals surface area contributed by atoms with E-state index >= 15 is 0 Å². The summed E-state index contributed by atoms with van der Waals surface area (Å²) in [6, 6.07) is 0. The van der Waals surface area contributed by atoms with Gasteiger partial charge in [-0.05, 0) is 17.9 Å². The van der Waals surface area contributed by atoms with E-state index in [9.17, 15) is 4.79 Å². The van der Waals surface area contributed by atoms with Gasteiger partial charge < -0.3 is 9.84 Å². The zero-order chi connectivity index (χ0) is 12.3. The zero-order valence-electron chi connectivity index (χ0n) is 9.80. The summed E-state index contributed by atoms with van der Waals surface area (Å²) in [5, 5.41) is 8.95. The van der Waals surface area contributed by atoms with Crippen LogP contribution in [0.15, 0.2) is 47.8 Å². The van der Waals surface area contributed by atoms with Crippen LogP contribution in [0, 0.1) is 11.8 Å². The predicted octanol–water partition coefficient (Wildman–Crippen LogP) is 2.68. The highest BCUT2D eigenvalue weighted by Crippen LogP contribution is 2.39. The minimum Gasteiger partial charge on any atom is -0.504 e. The lowest BCUT2D eigenvalue weighted by Gasteiger charge is -2.31. The second kappa shape index (κ2) is 5.04. The van der Waals surface area contributed by atoms with Crippen LogP contribution in [0.5, 0.6) is 0 Å².